The van der Waals surface area contributed by atoms with Gasteiger partial charge < -0.3 is 0 Å². The molecular weight excluding hydrogens is 248 g/mol. The minimum atomic E-state index is -3.75. The molecule has 1 aliphatic rings. The van der Waals surface area contributed by atoms with Gasteiger partial charge in [-0.3, -0.25) is 4.79 Å². The van der Waals surface area contributed by atoms with Crippen LogP contribution < -0.4 is 4.72 Å². The van der Waals surface area contributed by atoms with Gasteiger partial charge in [-0.05, 0) is 19.3 Å². The van der Waals surface area contributed by atoms with Gasteiger partial charge in [-0.15, -0.1) is 11.3 Å². The lowest BCUT2D eigenvalue weighted by molar-refractivity contribution is -0.120. The second-order valence-electron chi connectivity index (χ2n) is 3.70. The molecule has 0 aromatic carbocycles. The molecule has 1 saturated carbocycles. The van der Waals surface area contributed by atoms with E-state index >= 15 is 0 Å². The number of carbonyl (C=O) groups excluding carboxylic acids is 1. The number of nitrogens with one attached hydrogen (secondary N) is 1. The molecule has 1 aromatic rings. The molecule has 1 heterocycles. The fraction of sp³-hybridized carbons (Fsp3) is 0.556. The van der Waals surface area contributed by atoms with E-state index in [0.717, 1.165) is 29.9 Å². The maximum absolute atomic E-state index is 11.7. The summed E-state index contributed by atoms with van der Waals surface area (Å²) >= 11 is 1.04. The first-order chi connectivity index (χ1) is 7.53. The predicted molar refractivity (Wildman–Crippen MR) is 59.5 cm³/mol. The largest absolute Gasteiger partial charge is 0.291 e. The standard InChI is InChI=1S/C9H12N2O3S2/c1-2-7-5-15-9(10-7)16(13,14)11-8(12)6-3-4-6/h5-6H,2-4H2,1H3,(H,11,12). The molecule has 88 valence electrons. The molecule has 7 heteroatoms. The van der Waals surface area contributed by atoms with Crippen LogP contribution in [0.1, 0.15) is 25.5 Å². The summed E-state index contributed by atoms with van der Waals surface area (Å²) in [6.45, 7) is 1.90. The van der Waals surface area contributed by atoms with Crippen LogP contribution in [0.3, 0.4) is 0 Å². The number of aromatic nitrogens is 1. The van der Waals surface area contributed by atoms with Crippen LogP contribution in [0.15, 0.2) is 9.72 Å². The third-order valence-electron chi connectivity index (χ3n) is 2.31. The minimum Gasteiger partial charge on any atom is -0.274 e. The molecule has 0 unspecified atom stereocenters. The summed E-state index contributed by atoms with van der Waals surface area (Å²) in [4.78, 5) is 15.3. The number of aryl methyl sites for hydroxylation is 1. The lowest BCUT2D eigenvalue weighted by Crippen LogP contribution is -2.31. The van der Waals surface area contributed by atoms with Gasteiger partial charge in [-0.1, -0.05) is 6.92 Å². The van der Waals surface area contributed by atoms with E-state index in [1.54, 1.807) is 5.38 Å². The number of rotatable bonds is 4. The normalized spacial score (nSPS) is 16.1. The van der Waals surface area contributed by atoms with Gasteiger partial charge in [-0.2, -0.15) is 8.42 Å². The first-order valence-electron chi connectivity index (χ1n) is 5.04. The molecule has 0 radical (unpaired) electrons. The summed E-state index contributed by atoms with van der Waals surface area (Å²) in [6.07, 6.45) is 2.24. The van der Waals surface area contributed by atoms with Crippen molar-refractivity contribution in [3.05, 3.63) is 11.1 Å². The average Bonchev–Trinajstić information content (AvgIpc) is 2.95. The molecule has 0 spiro atoms. The Morgan fingerprint density at radius 3 is 2.81 bits per heavy atom. The highest BCUT2D eigenvalue weighted by molar-refractivity contribution is 7.92. The zero-order valence-electron chi connectivity index (χ0n) is 8.76. The molecule has 0 atom stereocenters. The maximum atomic E-state index is 11.7. The Morgan fingerprint density at radius 1 is 1.62 bits per heavy atom. The van der Waals surface area contributed by atoms with Crippen LogP contribution >= 0.6 is 11.3 Å². The van der Waals surface area contributed by atoms with Crippen LogP contribution in [-0.4, -0.2) is 19.3 Å². The van der Waals surface area contributed by atoms with Crippen LogP contribution in [0.25, 0.3) is 0 Å². The van der Waals surface area contributed by atoms with Gasteiger partial charge in [0.05, 0.1) is 5.69 Å². The SMILES string of the molecule is CCc1csc(S(=O)(=O)NC(=O)C2CC2)n1. The van der Waals surface area contributed by atoms with Gasteiger partial charge in [0.2, 0.25) is 10.2 Å². The zero-order chi connectivity index (χ0) is 11.8. The van der Waals surface area contributed by atoms with Gasteiger partial charge in [0.1, 0.15) is 0 Å². The number of hydrogen-bond donors (Lipinski definition) is 1. The highest BCUT2D eigenvalue weighted by atomic mass is 32.2. The number of sulfonamides is 1. The minimum absolute atomic E-state index is 0.0293. The molecule has 1 aliphatic carbocycles. The summed E-state index contributed by atoms with van der Waals surface area (Å²) in [7, 11) is -3.75. The molecule has 5 nitrogen and oxygen atoms in total. The van der Waals surface area contributed by atoms with Crippen molar-refractivity contribution in [1.29, 1.82) is 0 Å². The van der Waals surface area contributed by atoms with Crippen LogP contribution in [0.4, 0.5) is 0 Å². The quantitative estimate of drug-likeness (QED) is 0.873. The molecule has 0 saturated heterocycles. The Labute approximate surface area is 97.9 Å². The number of thiazole rings is 1. The van der Waals surface area contributed by atoms with Crippen molar-refractivity contribution in [3.8, 4) is 0 Å². The Balaban J connectivity index is 2.14. The molecule has 1 aromatic heterocycles. The fourth-order valence-corrected chi connectivity index (χ4v) is 3.34. The number of carbonyl (C=O) groups is 1. The first kappa shape index (κ1) is 11.5. The van der Waals surface area contributed by atoms with E-state index in [1.807, 2.05) is 6.92 Å². The van der Waals surface area contributed by atoms with Crippen LogP contribution in [0.2, 0.25) is 0 Å². The molecule has 0 aliphatic heterocycles. The summed E-state index contributed by atoms with van der Waals surface area (Å²) in [6, 6.07) is 0. The Hall–Kier alpha value is -0.950. The fourth-order valence-electron chi connectivity index (χ4n) is 1.18. The summed E-state index contributed by atoms with van der Waals surface area (Å²) in [5, 5.41) is 1.69. The third-order valence-corrected chi connectivity index (χ3v) is 4.96. The van der Waals surface area contributed by atoms with Gasteiger partial charge in [0.15, 0.2) is 0 Å². The van der Waals surface area contributed by atoms with Crippen molar-refractivity contribution in [2.75, 3.05) is 0 Å². The number of nitrogens with zero attached hydrogens (tertiary/aromatic N) is 1. The number of hydrogen-bond acceptors (Lipinski definition) is 5. The van der Waals surface area contributed by atoms with E-state index in [0.29, 0.717) is 6.42 Å². The maximum Gasteiger partial charge on any atom is 0.291 e. The average molecular weight is 260 g/mol. The zero-order valence-corrected chi connectivity index (χ0v) is 10.4. The Kier molecular flexibility index (Phi) is 2.98. The highest BCUT2D eigenvalue weighted by Gasteiger charge is 2.33. The van der Waals surface area contributed by atoms with Crippen LogP contribution in [0.5, 0.6) is 0 Å². The molecule has 1 fully saturated rings. The molecule has 1 amide bonds. The smallest absolute Gasteiger partial charge is 0.274 e. The topological polar surface area (TPSA) is 76.1 Å². The summed E-state index contributed by atoms with van der Waals surface area (Å²) < 4.78 is 25.5. The lowest BCUT2D eigenvalue weighted by Gasteiger charge is -2.02. The van der Waals surface area contributed by atoms with Gasteiger partial charge >= 0.3 is 0 Å². The van der Waals surface area contributed by atoms with Gasteiger partial charge in [-0.25, -0.2) is 9.71 Å². The van der Waals surface area contributed by atoms with Crippen molar-refractivity contribution in [1.82, 2.24) is 9.71 Å². The monoisotopic (exact) mass is 260 g/mol. The van der Waals surface area contributed by atoms with Crippen molar-refractivity contribution in [3.63, 3.8) is 0 Å². The molecule has 2 rings (SSSR count). The highest BCUT2D eigenvalue weighted by Crippen LogP contribution is 2.29. The molecule has 16 heavy (non-hydrogen) atoms. The van der Waals surface area contributed by atoms with Gasteiger partial charge in [0, 0.05) is 11.3 Å². The second-order valence-corrected chi connectivity index (χ2v) is 6.42. The van der Waals surface area contributed by atoms with E-state index in [4.69, 9.17) is 0 Å². The van der Waals surface area contributed by atoms with E-state index in [1.165, 1.54) is 0 Å². The number of amides is 1. The van der Waals surface area contributed by atoms with Crippen molar-refractivity contribution in [2.45, 2.75) is 30.5 Å². The Bertz CT molecular complexity index is 503. The molecular formula is C9H12N2O3S2. The van der Waals surface area contributed by atoms with Crippen molar-refractivity contribution in [2.24, 2.45) is 5.92 Å². The molecule has 1 N–H and O–H groups in total. The van der Waals surface area contributed by atoms with E-state index in [9.17, 15) is 13.2 Å². The first-order valence-corrected chi connectivity index (χ1v) is 7.40. The van der Waals surface area contributed by atoms with E-state index in [2.05, 4.69) is 9.71 Å². The summed E-state index contributed by atoms with van der Waals surface area (Å²) in [5.41, 5.74) is 0.726. The van der Waals surface area contributed by atoms with E-state index < -0.39 is 15.9 Å². The molecule has 0 bridgehead atoms. The van der Waals surface area contributed by atoms with Crippen molar-refractivity contribution < 1.29 is 13.2 Å². The van der Waals surface area contributed by atoms with Crippen LogP contribution in [-0.2, 0) is 21.2 Å². The predicted octanol–water partition coefficient (Wildman–Crippen LogP) is 0.920. The van der Waals surface area contributed by atoms with E-state index in [-0.39, 0.29) is 10.3 Å². The third kappa shape index (κ3) is 2.41. The van der Waals surface area contributed by atoms with Gasteiger partial charge in [0.25, 0.3) is 10.0 Å². The lowest BCUT2D eigenvalue weighted by atomic mass is 10.4. The Morgan fingerprint density at radius 2 is 2.31 bits per heavy atom. The summed E-state index contributed by atoms with van der Waals surface area (Å²) in [5.74, 6) is -0.534. The van der Waals surface area contributed by atoms with Crippen LogP contribution in [0, 0.1) is 5.92 Å². The van der Waals surface area contributed by atoms with Crippen molar-refractivity contribution >= 4 is 27.3 Å². The second kappa shape index (κ2) is 4.14.